The Morgan fingerprint density at radius 3 is 2.81 bits per heavy atom. The number of likely N-dealkylation sites (tertiary alicyclic amines) is 1. The molecular weight excluding hydrogens is 268 g/mol. The van der Waals surface area contributed by atoms with Crippen LogP contribution in [0.15, 0.2) is 4.52 Å². The topological polar surface area (TPSA) is 62.5 Å². The first-order valence-corrected chi connectivity index (χ1v) is 7.91. The summed E-state index contributed by atoms with van der Waals surface area (Å²) < 4.78 is 5.19. The Morgan fingerprint density at radius 1 is 1.38 bits per heavy atom. The van der Waals surface area contributed by atoms with Gasteiger partial charge < -0.3 is 9.42 Å². The summed E-state index contributed by atoms with van der Waals surface area (Å²) in [5.41, 5.74) is 0. The van der Waals surface area contributed by atoms with Gasteiger partial charge >= 0.3 is 0 Å². The van der Waals surface area contributed by atoms with E-state index in [-0.39, 0.29) is 5.92 Å². The number of aromatic nitrogens is 2. The first-order chi connectivity index (χ1) is 10.1. The molecule has 2 heterocycles. The van der Waals surface area contributed by atoms with Crippen molar-refractivity contribution in [2.75, 3.05) is 20.1 Å². The quantitative estimate of drug-likeness (QED) is 0.843. The number of likely N-dealkylation sites (N-methyl/N-ethyl adjacent to an activating group) is 1. The van der Waals surface area contributed by atoms with Gasteiger partial charge in [0.15, 0.2) is 5.82 Å². The highest BCUT2D eigenvalue weighted by atomic mass is 16.5. The van der Waals surface area contributed by atoms with Crippen molar-refractivity contribution >= 4 is 5.91 Å². The Labute approximate surface area is 125 Å². The average molecular weight is 292 g/mol. The highest BCUT2D eigenvalue weighted by molar-refractivity contribution is 5.79. The monoisotopic (exact) mass is 292 g/mol. The molecule has 0 bridgehead atoms. The molecular formula is C15H24N4O2. The summed E-state index contributed by atoms with van der Waals surface area (Å²) in [5, 5.41) is 3.83. The molecule has 21 heavy (non-hydrogen) atoms. The summed E-state index contributed by atoms with van der Waals surface area (Å²) in [4.78, 5) is 20.9. The standard InChI is InChI=1S/C15H24N4O2/c1-11-16-14(21-17-11)10-19-8-4-7-13(9-19)18(2)15(20)12-5-3-6-12/h12-13H,3-10H2,1-2H3. The first-order valence-electron chi connectivity index (χ1n) is 7.91. The number of amides is 1. The molecule has 1 amide bonds. The lowest BCUT2D eigenvalue weighted by Crippen LogP contribution is -2.50. The maximum Gasteiger partial charge on any atom is 0.240 e. The molecule has 1 unspecified atom stereocenters. The van der Waals surface area contributed by atoms with Gasteiger partial charge in [-0.3, -0.25) is 9.69 Å². The highest BCUT2D eigenvalue weighted by Gasteiger charge is 2.33. The number of carbonyl (C=O) groups is 1. The lowest BCUT2D eigenvalue weighted by molar-refractivity contribution is -0.140. The molecule has 1 aliphatic heterocycles. The fraction of sp³-hybridized carbons (Fsp3) is 0.800. The van der Waals surface area contributed by atoms with Crippen LogP contribution >= 0.6 is 0 Å². The Morgan fingerprint density at radius 2 is 2.19 bits per heavy atom. The van der Waals surface area contributed by atoms with Crippen molar-refractivity contribution in [3.05, 3.63) is 11.7 Å². The van der Waals surface area contributed by atoms with Crippen LogP contribution in [0.25, 0.3) is 0 Å². The minimum Gasteiger partial charge on any atom is -0.341 e. The zero-order chi connectivity index (χ0) is 14.8. The third kappa shape index (κ3) is 3.26. The molecule has 1 aliphatic carbocycles. The Balaban J connectivity index is 1.56. The molecule has 116 valence electrons. The van der Waals surface area contributed by atoms with Crippen molar-refractivity contribution in [2.24, 2.45) is 5.92 Å². The zero-order valence-corrected chi connectivity index (χ0v) is 12.9. The Bertz CT molecular complexity index is 498. The fourth-order valence-electron chi connectivity index (χ4n) is 3.21. The molecule has 1 atom stereocenters. The van der Waals surface area contributed by atoms with Crippen LogP contribution in [0.4, 0.5) is 0 Å². The van der Waals surface area contributed by atoms with Crippen molar-refractivity contribution < 1.29 is 9.32 Å². The van der Waals surface area contributed by atoms with Crippen LogP contribution in [0, 0.1) is 12.8 Å². The molecule has 1 saturated carbocycles. The molecule has 2 fully saturated rings. The Hall–Kier alpha value is -1.43. The Kier molecular flexibility index (Phi) is 4.24. The van der Waals surface area contributed by atoms with Crippen LogP contribution < -0.4 is 0 Å². The van der Waals surface area contributed by atoms with E-state index in [1.165, 1.54) is 6.42 Å². The maximum absolute atomic E-state index is 12.4. The molecule has 2 aliphatic rings. The van der Waals surface area contributed by atoms with Gasteiger partial charge in [0.25, 0.3) is 0 Å². The summed E-state index contributed by atoms with van der Waals surface area (Å²) in [5.74, 6) is 1.96. The van der Waals surface area contributed by atoms with E-state index >= 15 is 0 Å². The van der Waals surface area contributed by atoms with Gasteiger partial charge in [-0.1, -0.05) is 11.6 Å². The van der Waals surface area contributed by atoms with Crippen LogP contribution in [0.2, 0.25) is 0 Å². The predicted octanol–water partition coefficient (Wildman–Crippen LogP) is 1.60. The number of hydrogen-bond donors (Lipinski definition) is 0. The minimum atomic E-state index is 0.281. The van der Waals surface area contributed by atoms with E-state index in [9.17, 15) is 4.79 Å². The number of nitrogens with zero attached hydrogens (tertiary/aromatic N) is 4. The molecule has 0 radical (unpaired) electrons. The van der Waals surface area contributed by atoms with E-state index in [0.29, 0.717) is 30.2 Å². The lowest BCUT2D eigenvalue weighted by atomic mass is 9.84. The largest absolute Gasteiger partial charge is 0.341 e. The van der Waals surface area contributed by atoms with Crippen molar-refractivity contribution in [3.8, 4) is 0 Å². The third-order valence-corrected chi connectivity index (χ3v) is 4.76. The fourth-order valence-corrected chi connectivity index (χ4v) is 3.21. The molecule has 6 heteroatoms. The minimum absolute atomic E-state index is 0.281. The summed E-state index contributed by atoms with van der Waals surface area (Å²) >= 11 is 0. The van der Waals surface area contributed by atoms with E-state index in [0.717, 1.165) is 38.8 Å². The van der Waals surface area contributed by atoms with Gasteiger partial charge in [-0.05, 0) is 39.2 Å². The average Bonchev–Trinajstić information content (AvgIpc) is 2.81. The molecule has 6 nitrogen and oxygen atoms in total. The van der Waals surface area contributed by atoms with Gasteiger partial charge in [-0.2, -0.15) is 4.98 Å². The molecule has 0 aromatic carbocycles. The van der Waals surface area contributed by atoms with Gasteiger partial charge in [-0.25, -0.2) is 0 Å². The smallest absolute Gasteiger partial charge is 0.240 e. The second-order valence-electron chi connectivity index (χ2n) is 6.34. The molecule has 0 N–H and O–H groups in total. The van der Waals surface area contributed by atoms with Crippen molar-refractivity contribution in [3.63, 3.8) is 0 Å². The van der Waals surface area contributed by atoms with Gasteiger partial charge in [0.05, 0.1) is 6.54 Å². The van der Waals surface area contributed by atoms with E-state index in [4.69, 9.17) is 4.52 Å². The van der Waals surface area contributed by atoms with Crippen LogP contribution in [0.1, 0.15) is 43.8 Å². The molecule has 1 aromatic heterocycles. The number of carbonyl (C=O) groups excluding carboxylic acids is 1. The van der Waals surface area contributed by atoms with Crippen molar-refractivity contribution in [1.82, 2.24) is 19.9 Å². The van der Waals surface area contributed by atoms with E-state index in [2.05, 4.69) is 15.0 Å². The summed E-state index contributed by atoms with van der Waals surface area (Å²) in [7, 11) is 1.96. The summed E-state index contributed by atoms with van der Waals surface area (Å²) in [6.45, 7) is 4.44. The number of hydrogen-bond acceptors (Lipinski definition) is 5. The van der Waals surface area contributed by atoms with Crippen LogP contribution in [0.5, 0.6) is 0 Å². The SMILES string of the molecule is Cc1noc(CN2CCCC(N(C)C(=O)C3CCC3)C2)n1. The molecule has 1 aromatic rings. The number of rotatable bonds is 4. The van der Waals surface area contributed by atoms with Gasteiger partial charge in [-0.15, -0.1) is 0 Å². The second-order valence-corrected chi connectivity index (χ2v) is 6.34. The third-order valence-electron chi connectivity index (χ3n) is 4.76. The molecule has 1 saturated heterocycles. The zero-order valence-electron chi connectivity index (χ0n) is 12.9. The van der Waals surface area contributed by atoms with Gasteiger partial charge in [0.1, 0.15) is 0 Å². The van der Waals surface area contributed by atoms with Crippen LogP contribution in [0.3, 0.4) is 0 Å². The predicted molar refractivity (Wildman–Crippen MR) is 77.4 cm³/mol. The number of piperidine rings is 1. The first kappa shape index (κ1) is 14.5. The van der Waals surface area contributed by atoms with Crippen molar-refractivity contribution in [1.29, 1.82) is 0 Å². The van der Waals surface area contributed by atoms with Gasteiger partial charge in [0, 0.05) is 25.6 Å². The van der Waals surface area contributed by atoms with Crippen LogP contribution in [-0.4, -0.2) is 52.0 Å². The van der Waals surface area contributed by atoms with E-state index in [1.54, 1.807) is 0 Å². The van der Waals surface area contributed by atoms with Gasteiger partial charge in [0.2, 0.25) is 11.8 Å². The summed E-state index contributed by atoms with van der Waals surface area (Å²) in [6, 6.07) is 0.316. The summed E-state index contributed by atoms with van der Waals surface area (Å²) in [6.07, 6.45) is 5.55. The highest BCUT2D eigenvalue weighted by Crippen LogP contribution is 2.29. The molecule has 3 rings (SSSR count). The van der Waals surface area contributed by atoms with E-state index < -0.39 is 0 Å². The molecule has 0 spiro atoms. The van der Waals surface area contributed by atoms with Crippen LogP contribution in [-0.2, 0) is 11.3 Å². The second kappa shape index (κ2) is 6.13. The lowest BCUT2D eigenvalue weighted by Gasteiger charge is -2.39. The normalized spacial score (nSPS) is 23.8. The van der Waals surface area contributed by atoms with E-state index in [1.807, 2.05) is 18.9 Å². The van der Waals surface area contributed by atoms with Crippen molar-refractivity contribution in [2.45, 2.75) is 51.6 Å². The number of aryl methyl sites for hydroxylation is 1. The maximum atomic E-state index is 12.4.